The van der Waals surface area contributed by atoms with Gasteiger partial charge in [-0.3, -0.25) is 4.98 Å². The summed E-state index contributed by atoms with van der Waals surface area (Å²) in [5, 5.41) is 8.83. The Labute approximate surface area is 95.7 Å². The molecule has 2 unspecified atom stereocenters. The molecule has 1 aromatic heterocycles. The lowest BCUT2D eigenvalue weighted by Crippen LogP contribution is -2.47. The highest BCUT2D eigenvalue weighted by Crippen LogP contribution is 2.25. The number of hydrogen-bond donors (Lipinski definition) is 1. The molecule has 1 aliphatic rings. The summed E-state index contributed by atoms with van der Waals surface area (Å²) in [7, 11) is 0. The molecule has 1 aromatic rings. The number of pyridine rings is 1. The number of aromatic nitrogens is 1. The van der Waals surface area contributed by atoms with Crippen molar-refractivity contribution in [1.29, 1.82) is 5.26 Å². The summed E-state index contributed by atoms with van der Waals surface area (Å²) >= 11 is 0. The Bertz CT molecular complexity index is 410. The standard InChI is InChI=1S/C12H16N4/c1-9-2-3-16(12(14)4-9)11-5-10(6-13)7-15-8-11/h5,7-9,12H,2-4,14H2,1H3. The molecule has 84 valence electrons. The highest BCUT2D eigenvalue weighted by molar-refractivity contribution is 5.49. The Morgan fingerprint density at radius 1 is 1.56 bits per heavy atom. The van der Waals surface area contributed by atoms with Gasteiger partial charge in [0.05, 0.1) is 23.6 Å². The van der Waals surface area contributed by atoms with Crippen molar-refractivity contribution in [2.24, 2.45) is 11.7 Å². The predicted molar refractivity (Wildman–Crippen MR) is 62.7 cm³/mol. The first-order chi connectivity index (χ1) is 7.70. The second kappa shape index (κ2) is 4.50. The van der Waals surface area contributed by atoms with E-state index in [4.69, 9.17) is 11.0 Å². The average Bonchev–Trinajstić information content (AvgIpc) is 2.29. The van der Waals surface area contributed by atoms with E-state index in [1.807, 2.05) is 6.07 Å². The maximum Gasteiger partial charge on any atom is 0.101 e. The number of nitrogens with zero attached hydrogens (tertiary/aromatic N) is 3. The van der Waals surface area contributed by atoms with Crippen molar-refractivity contribution in [3.05, 3.63) is 24.0 Å². The lowest BCUT2D eigenvalue weighted by atomic mass is 9.96. The summed E-state index contributed by atoms with van der Waals surface area (Å²) in [5.41, 5.74) is 7.65. The predicted octanol–water partition coefficient (Wildman–Crippen LogP) is 1.47. The fourth-order valence-electron chi connectivity index (χ4n) is 2.15. The Morgan fingerprint density at radius 2 is 2.38 bits per heavy atom. The molecule has 2 rings (SSSR count). The van der Waals surface area contributed by atoms with Gasteiger partial charge in [-0.1, -0.05) is 6.92 Å². The van der Waals surface area contributed by atoms with Gasteiger partial charge in [-0.2, -0.15) is 5.26 Å². The van der Waals surface area contributed by atoms with Crippen LogP contribution in [0.4, 0.5) is 5.69 Å². The van der Waals surface area contributed by atoms with Crippen LogP contribution in [0.2, 0.25) is 0 Å². The van der Waals surface area contributed by atoms with E-state index in [2.05, 4.69) is 22.9 Å². The summed E-state index contributed by atoms with van der Waals surface area (Å²) in [5.74, 6) is 0.679. The zero-order valence-corrected chi connectivity index (χ0v) is 9.43. The maximum atomic E-state index is 8.83. The van der Waals surface area contributed by atoms with Crippen LogP contribution in [0.1, 0.15) is 25.3 Å². The molecule has 2 heterocycles. The third kappa shape index (κ3) is 2.15. The van der Waals surface area contributed by atoms with E-state index in [9.17, 15) is 0 Å². The number of anilines is 1. The van der Waals surface area contributed by atoms with Crippen LogP contribution in [0.15, 0.2) is 18.5 Å². The highest BCUT2D eigenvalue weighted by atomic mass is 15.2. The minimum Gasteiger partial charge on any atom is -0.355 e. The molecular formula is C12H16N4. The van der Waals surface area contributed by atoms with Crippen molar-refractivity contribution in [3.63, 3.8) is 0 Å². The van der Waals surface area contributed by atoms with E-state index in [1.165, 1.54) is 0 Å². The largest absolute Gasteiger partial charge is 0.355 e. The Kier molecular flexibility index (Phi) is 3.07. The molecule has 1 saturated heterocycles. The first kappa shape index (κ1) is 10.9. The van der Waals surface area contributed by atoms with E-state index < -0.39 is 0 Å². The van der Waals surface area contributed by atoms with Gasteiger partial charge in [-0.15, -0.1) is 0 Å². The van der Waals surface area contributed by atoms with Crippen LogP contribution in [0.5, 0.6) is 0 Å². The Balaban J connectivity index is 2.20. The Morgan fingerprint density at radius 3 is 3.06 bits per heavy atom. The van der Waals surface area contributed by atoms with Gasteiger partial charge in [0, 0.05) is 12.7 Å². The van der Waals surface area contributed by atoms with Gasteiger partial charge in [0.2, 0.25) is 0 Å². The summed E-state index contributed by atoms with van der Waals surface area (Å²) in [4.78, 5) is 6.20. The first-order valence-electron chi connectivity index (χ1n) is 5.58. The van der Waals surface area contributed by atoms with E-state index in [0.717, 1.165) is 25.1 Å². The number of nitrogens with two attached hydrogens (primary N) is 1. The van der Waals surface area contributed by atoms with Crippen LogP contribution in [0.3, 0.4) is 0 Å². The van der Waals surface area contributed by atoms with Gasteiger partial charge in [0.15, 0.2) is 0 Å². The normalized spacial score (nSPS) is 25.2. The number of rotatable bonds is 1. The third-order valence-corrected chi connectivity index (χ3v) is 3.09. The number of hydrogen-bond acceptors (Lipinski definition) is 4. The summed E-state index contributed by atoms with van der Waals surface area (Å²) in [6, 6.07) is 3.95. The van der Waals surface area contributed by atoms with E-state index in [1.54, 1.807) is 12.4 Å². The van der Waals surface area contributed by atoms with Crippen molar-refractivity contribution in [2.75, 3.05) is 11.4 Å². The molecule has 0 aromatic carbocycles. The van der Waals surface area contributed by atoms with Crippen LogP contribution in [0, 0.1) is 17.2 Å². The van der Waals surface area contributed by atoms with Crippen LogP contribution in [-0.2, 0) is 0 Å². The summed E-state index contributed by atoms with van der Waals surface area (Å²) in [6.45, 7) is 3.17. The number of piperidine rings is 1. The molecule has 0 saturated carbocycles. The van der Waals surface area contributed by atoms with E-state index >= 15 is 0 Å². The molecule has 0 radical (unpaired) electrons. The molecular weight excluding hydrogens is 200 g/mol. The van der Waals surface area contributed by atoms with Crippen molar-refractivity contribution in [2.45, 2.75) is 25.9 Å². The summed E-state index contributed by atoms with van der Waals surface area (Å²) in [6.07, 6.45) is 5.53. The molecule has 0 spiro atoms. The zero-order chi connectivity index (χ0) is 11.5. The quantitative estimate of drug-likeness (QED) is 0.772. The molecule has 1 fully saturated rings. The van der Waals surface area contributed by atoms with Gasteiger partial charge >= 0.3 is 0 Å². The smallest absolute Gasteiger partial charge is 0.101 e. The molecule has 4 heteroatoms. The molecule has 2 N–H and O–H groups in total. The van der Waals surface area contributed by atoms with E-state index in [-0.39, 0.29) is 6.17 Å². The second-order valence-corrected chi connectivity index (χ2v) is 4.43. The topological polar surface area (TPSA) is 65.9 Å². The molecule has 16 heavy (non-hydrogen) atoms. The minimum atomic E-state index is 0.0412. The lowest BCUT2D eigenvalue weighted by Gasteiger charge is -2.37. The van der Waals surface area contributed by atoms with Crippen LogP contribution >= 0.6 is 0 Å². The lowest BCUT2D eigenvalue weighted by molar-refractivity contribution is 0.368. The minimum absolute atomic E-state index is 0.0412. The van der Waals surface area contributed by atoms with Crippen LogP contribution < -0.4 is 10.6 Å². The molecule has 4 nitrogen and oxygen atoms in total. The van der Waals surface area contributed by atoms with Crippen LogP contribution in [-0.4, -0.2) is 17.7 Å². The van der Waals surface area contributed by atoms with Gasteiger partial charge in [0.25, 0.3) is 0 Å². The Hall–Kier alpha value is -1.60. The second-order valence-electron chi connectivity index (χ2n) is 4.43. The highest BCUT2D eigenvalue weighted by Gasteiger charge is 2.23. The molecule has 0 bridgehead atoms. The number of nitriles is 1. The van der Waals surface area contributed by atoms with Crippen molar-refractivity contribution in [3.8, 4) is 6.07 Å². The SMILES string of the molecule is CC1CCN(c2cncc(C#N)c2)C(N)C1. The molecule has 1 aliphatic heterocycles. The summed E-state index contributed by atoms with van der Waals surface area (Å²) < 4.78 is 0. The first-order valence-corrected chi connectivity index (χ1v) is 5.58. The molecule has 2 atom stereocenters. The third-order valence-electron chi connectivity index (χ3n) is 3.09. The van der Waals surface area contributed by atoms with Gasteiger partial charge in [0.1, 0.15) is 6.07 Å². The fraction of sp³-hybridized carbons (Fsp3) is 0.500. The van der Waals surface area contributed by atoms with Crippen molar-refractivity contribution < 1.29 is 0 Å². The van der Waals surface area contributed by atoms with Crippen LogP contribution in [0.25, 0.3) is 0 Å². The van der Waals surface area contributed by atoms with Crippen molar-refractivity contribution >= 4 is 5.69 Å². The molecule has 0 aliphatic carbocycles. The molecule has 0 amide bonds. The fourth-order valence-corrected chi connectivity index (χ4v) is 2.15. The monoisotopic (exact) mass is 216 g/mol. The van der Waals surface area contributed by atoms with Gasteiger partial charge in [-0.05, 0) is 24.8 Å². The average molecular weight is 216 g/mol. The zero-order valence-electron chi connectivity index (χ0n) is 9.43. The van der Waals surface area contributed by atoms with Crippen molar-refractivity contribution in [1.82, 2.24) is 4.98 Å². The van der Waals surface area contributed by atoms with Gasteiger partial charge < -0.3 is 10.6 Å². The van der Waals surface area contributed by atoms with E-state index in [0.29, 0.717) is 11.5 Å². The maximum absolute atomic E-state index is 8.83. The van der Waals surface area contributed by atoms with Gasteiger partial charge in [-0.25, -0.2) is 0 Å².